The number of nitrogens with zero attached hydrogens (tertiary/aromatic N) is 2. The first-order valence-corrected chi connectivity index (χ1v) is 9.97. The van der Waals surface area contributed by atoms with E-state index in [2.05, 4.69) is 4.98 Å². The summed E-state index contributed by atoms with van der Waals surface area (Å²) in [6.45, 7) is 0.377. The molecule has 0 spiro atoms. The van der Waals surface area contributed by atoms with Gasteiger partial charge in [-0.05, 0) is 42.3 Å². The molecule has 2 aliphatic heterocycles. The first-order valence-electron chi connectivity index (χ1n) is 9.97. The van der Waals surface area contributed by atoms with E-state index in [-0.39, 0.29) is 11.3 Å². The Bertz CT molecular complexity index is 1380. The summed E-state index contributed by atoms with van der Waals surface area (Å²) in [6.07, 6.45) is -0.107. The normalized spacial score (nSPS) is 17.5. The van der Waals surface area contributed by atoms with Crippen LogP contribution in [0, 0.1) is 17.5 Å². The molecule has 4 nitrogen and oxygen atoms in total. The Kier molecular flexibility index (Phi) is 3.72. The van der Waals surface area contributed by atoms with E-state index in [1.807, 2.05) is 24.3 Å². The largest absolute Gasteiger partial charge is 0.355 e. The Balaban J connectivity index is 1.67. The summed E-state index contributed by atoms with van der Waals surface area (Å²) in [7, 11) is 0. The Morgan fingerprint density at radius 1 is 0.935 bits per heavy atom. The molecule has 2 aliphatic rings. The van der Waals surface area contributed by atoms with Gasteiger partial charge in [0.15, 0.2) is 12.0 Å². The second kappa shape index (κ2) is 6.38. The van der Waals surface area contributed by atoms with Crippen molar-refractivity contribution in [2.45, 2.75) is 12.6 Å². The zero-order chi connectivity index (χ0) is 21.3. The van der Waals surface area contributed by atoms with Crippen LogP contribution in [-0.2, 0) is 6.42 Å². The van der Waals surface area contributed by atoms with Gasteiger partial charge in [0, 0.05) is 29.2 Å². The maximum atomic E-state index is 15.1. The number of halogens is 3. The topological polar surface area (TPSA) is 39.3 Å². The highest BCUT2D eigenvalue weighted by molar-refractivity contribution is 6.04. The highest BCUT2D eigenvalue weighted by Gasteiger charge is 2.45. The van der Waals surface area contributed by atoms with Crippen LogP contribution in [0.15, 0.2) is 60.7 Å². The summed E-state index contributed by atoms with van der Waals surface area (Å²) >= 11 is 0. The second-order valence-electron chi connectivity index (χ2n) is 7.82. The van der Waals surface area contributed by atoms with Crippen LogP contribution in [0.3, 0.4) is 0 Å². The minimum Gasteiger partial charge on any atom is -0.355 e. The molecular weight excluding hydrogens is 403 g/mol. The number of anilines is 2. The van der Waals surface area contributed by atoms with E-state index in [0.717, 1.165) is 34.3 Å². The van der Waals surface area contributed by atoms with Crippen molar-refractivity contribution in [3.8, 4) is 0 Å². The van der Waals surface area contributed by atoms with Crippen LogP contribution in [0.4, 0.5) is 24.5 Å². The third-order valence-corrected chi connectivity index (χ3v) is 6.09. The fourth-order valence-corrected chi connectivity index (χ4v) is 4.85. The fourth-order valence-electron chi connectivity index (χ4n) is 4.85. The third-order valence-electron chi connectivity index (χ3n) is 6.09. The maximum absolute atomic E-state index is 15.1. The Morgan fingerprint density at radius 2 is 1.77 bits per heavy atom. The summed E-state index contributed by atoms with van der Waals surface area (Å²) in [4.78, 5) is 19.9. The SMILES string of the molecule is O=C1c2cc(F)cc(F)c2N(c2cccc(F)c2)C2c3[nH]c4ccccc4c3CCN12. The van der Waals surface area contributed by atoms with Crippen molar-refractivity contribution in [2.75, 3.05) is 11.4 Å². The van der Waals surface area contributed by atoms with Crippen molar-refractivity contribution in [2.24, 2.45) is 0 Å². The Hall–Kier alpha value is -3.74. The van der Waals surface area contributed by atoms with Crippen LogP contribution in [0.1, 0.15) is 27.8 Å². The monoisotopic (exact) mass is 419 g/mol. The summed E-state index contributed by atoms with van der Waals surface area (Å²) < 4.78 is 43.3. The van der Waals surface area contributed by atoms with Gasteiger partial charge in [0.25, 0.3) is 5.91 Å². The summed E-state index contributed by atoms with van der Waals surface area (Å²) in [5.74, 6) is -2.63. The zero-order valence-electron chi connectivity index (χ0n) is 16.2. The van der Waals surface area contributed by atoms with E-state index in [1.54, 1.807) is 15.9 Å². The number of para-hydroxylation sites is 1. The third kappa shape index (κ3) is 2.52. The molecule has 1 aromatic heterocycles. The summed E-state index contributed by atoms with van der Waals surface area (Å²) in [6, 6.07) is 15.4. The summed E-state index contributed by atoms with van der Waals surface area (Å²) in [5, 5.41) is 1.04. The number of hydrogen-bond donors (Lipinski definition) is 1. The molecule has 1 unspecified atom stereocenters. The molecule has 1 N–H and O–H groups in total. The molecule has 3 aromatic carbocycles. The molecule has 0 aliphatic carbocycles. The lowest BCUT2D eigenvalue weighted by atomic mass is 9.94. The lowest BCUT2D eigenvalue weighted by Crippen LogP contribution is -2.51. The van der Waals surface area contributed by atoms with E-state index in [1.165, 1.54) is 18.2 Å². The number of aromatic amines is 1. The number of fused-ring (bicyclic) bond motifs is 6. The number of nitrogens with one attached hydrogen (secondary N) is 1. The smallest absolute Gasteiger partial charge is 0.258 e. The highest BCUT2D eigenvalue weighted by atomic mass is 19.1. The molecule has 0 fully saturated rings. The van der Waals surface area contributed by atoms with E-state index in [9.17, 15) is 13.6 Å². The minimum atomic E-state index is -0.865. The molecule has 0 radical (unpaired) electrons. The molecule has 1 atom stereocenters. The first kappa shape index (κ1) is 18.1. The molecule has 1 amide bonds. The van der Waals surface area contributed by atoms with Crippen LogP contribution >= 0.6 is 0 Å². The van der Waals surface area contributed by atoms with E-state index >= 15 is 4.39 Å². The van der Waals surface area contributed by atoms with Gasteiger partial charge in [-0.1, -0.05) is 24.3 Å². The quantitative estimate of drug-likeness (QED) is 0.447. The van der Waals surface area contributed by atoms with E-state index < -0.39 is 29.5 Å². The predicted octanol–water partition coefficient (Wildman–Crippen LogP) is 5.43. The van der Waals surface area contributed by atoms with E-state index in [0.29, 0.717) is 18.7 Å². The lowest BCUT2D eigenvalue weighted by molar-refractivity contribution is 0.0639. The van der Waals surface area contributed by atoms with Gasteiger partial charge in [0.2, 0.25) is 0 Å². The van der Waals surface area contributed by atoms with E-state index in [4.69, 9.17) is 0 Å². The number of aromatic nitrogens is 1. The predicted molar refractivity (Wildman–Crippen MR) is 111 cm³/mol. The van der Waals surface area contributed by atoms with Crippen LogP contribution in [0.2, 0.25) is 0 Å². The molecule has 0 saturated carbocycles. The number of amides is 1. The zero-order valence-corrected chi connectivity index (χ0v) is 16.2. The van der Waals surface area contributed by atoms with Gasteiger partial charge in [-0.3, -0.25) is 4.79 Å². The number of H-pyrrole nitrogens is 1. The average Bonchev–Trinajstić information content (AvgIpc) is 3.13. The lowest BCUT2D eigenvalue weighted by Gasteiger charge is -2.47. The molecule has 3 heterocycles. The molecule has 4 aromatic rings. The number of hydrogen-bond acceptors (Lipinski definition) is 2. The maximum Gasteiger partial charge on any atom is 0.258 e. The highest BCUT2D eigenvalue weighted by Crippen LogP contribution is 2.48. The van der Waals surface area contributed by atoms with Crippen molar-refractivity contribution in [1.29, 1.82) is 0 Å². The van der Waals surface area contributed by atoms with Crippen LogP contribution in [0.5, 0.6) is 0 Å². The molecule has 0 saturated heterocycles. The first-order chi connectivity index (χ1) is 15.0. The average molecular weight is 419 g/mol. The Morgan fingerprint density at radius 3 is 2.61 bits per heavy atom. The van der Waals surface area contributed by atoms with Crippen molar-refractivity contribution in [3.05, 3.63) is 94.9 Å². The Labute approximate surface area is 175 Å². The second-order valence-corrected chi connectivity index (χ2v) is 7.82. The summed E-state index contributed by atoms with van der Waals surface area (Å²) in [5.41, 5.74) is 2.95. The van der Waals surface area contributed by atoms with Crippen molar-refractivity contribution >= 4 is 28.2 Å². The van der Waals surface area contributed by atoms with Crippen molar-refractivity contribution in [1.82, 2.24) is 9.88 Å². The molecular formula is C24H16F3N3O. The van der Waals surface area contributed by atoms with Gasteiger partial charge in [-0.25, -0.2) is 13.2 Å². The number of carbonyl (C=O) groups excluding carboxylic acids is 1. The van der Waals surface area contributed by atoms with Crippen molar-refractivity contribution in [3.63, 3.8) is 0 Å². The molecule has 0 bridgehead atoms. The van der Waals surface area contributed by atoms with Gasteiger partial charge in [0.05, 0.1) is 16.9 Å². The number of rotatable bonds is 1. The molecule has 6 rings (SSSR count). The number of benzene rings is 3. The molecule has 7 heteroatoms. The standard InChI is InChI=1S/C24H16F3N3O/c25-13-4-3-5-15(10-13)30-22-18(11-14(26)12-19(22)27)24(31)29-9-8-17-16-6-1-2-7-20(16)28-21(17)23(29)30/h1-7,10-12,23,28H,8-9H2. The van der Waals surface area contributed by atoms with Gasteiger partial charge in [-0.15, -0.1) is 0 Å². The van der Waals surface area contributed by atoms with Gasteiger partial charge in [-0.2, -0.15) is 0 Å². The number of carbonyl (C=O) groups is 1. The van der Waals surface area contributed by atoms with Gasteiger partial charge < -0.3 is 14.8 Å². The molecule has 154 valence electrons. The van der Waals surface area contributed by atoms with Crippen molar-refractivity contribution < 1.29 is 18.0 Å². The van der Waals surface area contributed by atoms with Crippen LogP contribution < -0.4 is 4.90 Å². The van der Waals surface area contributed by atoms with Crippen LogP contribution in [0.25, 0.3) is 10.9 Å². The van der Waals surface area contributed by atoms with Gasteiger partial charge in [0.1, 0.15) is 11.6 Å². The molecule has 31 heavy (non-hydrogen) atoms. The van der Waals surface area contributed by atoms with Crippen LogP contribution in [-0.4, -0.2) is 22.3 Å². The fraction of sp³-hybridized carbons (Fsp3) is 0.125. The minimum absolute atomic E-state index is 0.0512. The van der Waals surface area contributed by atoms with Gasteiger partial charge >= 0.3 is 0 Å².